The average molecular weight is 298 g/mol. The van der Waals surface area contributed by atoms with Crippen molar-refractivity contribution in [2.75, 3.05) is 0 Å². The number of benzene rings is 2. The summed E-state index contributed by atoms with van der Waals surface area (Å²) in [7, 11) is 0. The van der Waals surface area contributed by atoms with Gasteiger partial charge in [-0.3, -0.25) is 4.79 Å². The lowest BCUT2D eigenvalue weighted by atomic mass is 9.96. The van der Waals surface area contributed by atoms with Crippen LogP contribution in [0.2, 0.25) is 0 Å². The predicted octanol–water partition coefficient (Wildman–Crippen LogP) is 3.73. The van der Waals surface area contributed by atoms with Crippen molar-refractivity contribution >= 4 is 11.8 Å². The summed E-state index contributed by atoms with van der Waals surface area (Å²) >= 11 is 0. The first-order valence-corrected chi connectivity index (χ1v) is 7.11. The van der Waals surface area contributed by atoms with Gasteiger partial charge >= 0.3 is 5.97 Å². The molecule has 22 heavy (non-hydrogen) atoms. The molecule has 0 atom stereocenters. The molecular weight excluding hydrogens is 280 g/mol. The molecule has 0 amide bonds. The SMILES string of the molecule is CCc1c(OCc2ccccc2)ccc(C(C)=O)c1C(=O)O. The molecule has 0 bridgehead atoms. The Morgan fingerprint density at radius 3 is 2.32 bits per heavy atom. The molecule has 1 N–H and O–H groups in total. The Hall–Kier alpha value is -2.62. The topological polar surface area (TPSA) is 63.6 Å². The second-order valence-electron chi connectivity index (χ2n) is 4.95. The molecule has 2 aromatic rings. The lowest BCUT2D eigenvalue weighted by molar-refractivity contribution is 0.0690. The summed E-state index contributed by atoms with van der Waals surface area (Å²) in [6.45, 7) is 3.57. The van der Waals surface area contributed by atoms with E-state index < -0.39 is 5.97 Å². The first kappa shape index (κ1) is 15.8. The van der Waals surface area contributed by atoms with Gasteiger partial charge in [-0.25, -0.2) is 4.79 Å². The number of hydrogen-bond donors (Lipinski definition) is 1. The van der Waals surface area contributed by atoms with Crippen LogP contribution in [0.3, 0.4) is 0 Å². The van der Waals surface area contributed by atoms with Crippen LogP contribution in [0.1, 0.15) is 45.7 Å². The van der Waals surface area contributed by atoms with Crippen molar-refractivity contribution in [3.63, 3.8) is 0 Å². The van der Waals surface area contributed by atoms with Gasteiger partial charge in [0.2, 0.25) is 0 Å². The third-order valence-electron chi connectivity index (χ3n) is 3.45. The van der Waals surface area contributed by atoms with Crippen LogP contribution in [0.15, 0.2) is 42.5 Å². The van der Waals surface area contributed by atoms with Crippen LogP contribution < -0.4 is 4.74 Å². The summed E-state index contributed by atoms with van der Waals surface area (Å²) in [5.41, 5.74) is 1.81. The Bertz CT molecular complexity index is 690. The number of carboxylic acid groups (broad SMARTS) is 1. The number of aromatic carboxylic acids is 1. The third-order valence-corrected chi connectivity index (χ3v) is 3.45. The minimum atomic E-state index is -1.10. The highest BCUT2D eigenvalue weighted by atomic mass is 16.5. The number of Topliss-reactive ketones (excluding diaryl/α,β-unsaturated/α-hetero) is 1. The minimum absolute atomic E-state index is 0.0422. The molecule has 0 fully saturated rings. The van der Waals surface area contributed by atoms with Gasteiger partial charge in [-0.2, -0.15) is 0 Å². The van der Waals surface area contributed by atoms with Crippen molar-refractivity contribution < 1.29 is 19.4 Å². The molecule has 2 rings (SSSR count). The summed E-state index contributed by atoms with van der Waals surface area (Å²) in [5, 5.41) is 9.43. The van der Waals surface area contributed by atoms with Crippen LogP contribution in [0, 0.1) is 0 Å². The minimum Gasteiger partial charge on any atom is -0.489 e. The molecule has 0 saturated carbocycles. The van der Waals surface area contributed by atoms with E-state index in [2.05, 4.69) is 0 Å². The second kappa shape index (κ2) is 6.89. The Balaban J connectivity index is 2.38. The van der Waals surface area contributed by atoms with E-state index in [9.17, 15) is 14.7 Å². The fourth-order valence-corrected chi connectivity index (χ4v) is 2.39. The van der Waals surface area contributed by atoms with Gasteiger partial charge < -0.3 is 9.84 Å². The van der Waals surface area contributed by atoms with Crippen LogP contribution in [-0.2, 0) is 13.0 Å². The molecule has 0 aliphatic carbocycles. The molecule has 4 heteroatoms. The fraction of sp³-hybridized carbons (Fsp3) is 0.222. The Labute approximate surface area is 129 Å². The molecule has 114 valence electrons. The Morgan fingerprint density at radius 1 is 1.09 bits per heavy atom. The molecule has 0 saturated heterocycles. The Morgan fingerprint density at radius 2 is 1.77 bits per heavy atom. The molecule has 0 unspecified atom stereocenters. The van der Waals surface area contributed by atoms with E-state index in [1.54, 1.807) is 6.07 Å². The van der Waals surface area contributed by atoms with Crippen LogP contribution in [0.4, 0.5) is 0 Å². The molecule has 0 spiro atoms. The number of carboxylic acids is 1. The van der Waals surface area contributed by atoms with Crippen LogP contribution in [0.5, 0.6) is 5.75 Å². The molecule has 4 nitrogen and oxygen atoms in total. The largest absolute Gasteiger partial charge is 0.489 e. The zero-order valence-electron chi connectivity index (χ0n) is 12.6. The zero-order chi connectivity index (χ0) is 16.1. The maximum absolute atomic E-state index is 11.6. The van der Waals surface area contributed by atoms with Crippen molar-refractivity contribution in [3.05, 3.63) is 64.7 Å². The maximum atomic E-state index is 11.6. The van der Waals surface area contributed by atoms with E-state index in [-0.39, 0.29) is 16.9 Å². The summed E-state index contributed by atoms with van der Waals surface area (Å²) in [6, 6.07) is 12.8. The van der Waals surface area contributed by atoms with Gasteiger partial charge in [0.25, 0.3) is 0 Å². The van der Waals surface area contributed by atoms with Crippen LogP contribution in [-0.4, -0.2) is 16.9 Å². The van der Waals surface area contributed by atoms with Gasteiger partial charge in [-0.15, -0.1) is 0 Å². The van der Waals surface area contributed by atoms with Crippen molar-refractivity contribution in [1.29, 1.82) is 0 Å². The van der Waals surface area contributed by atoms with Crippen LogP contribution in [0.25, 0.3) is 0 Å². The van der Waals surface area contributed by atoms with E-state index in [1.165, 1.54) is 13.0 Å². The summed E-state index contributed by atoms with van der Waals surface area (Å²) in [5.74, 6) is -0.859. The van der Waals surface area contributed by atoms with E-state index in [4.69, 9.17) is 4.74 Å². The monoisotopic (exact) mass is 298 g/mol. The van der Waals surface area contributed by atoms with Crippen molar-refractivity contribution in [2.45, 2.75) is 26.9 Å². The van der Waals surface area contributed by atoms with Crippen molar-refractivity contribution in [2.24, 2.45) is 0 Å². The first-order chi connectivity index (χ1) is 10.5. The number of ketones is 1. The standard InChI is InChI=1S/C18H18O4/c1-3-14-16(22-11-13-7-5-4-6-8-13)10-9-15(12(2)19)17(14)18(20)21/h4-10H,3,11H2,1-2H3,(H,20,21). The normalized spacial score (nSPS) is 10.3. The first-order valence-electron chi connectivity index (χ1n) is 7.11. The zero-order valence-corrected chi connectivity index (χ0v) is 12.6. The predicted molar refractivity (Wildman–Crippen MR) is 83.6 cm³/mol. The molecule has 0 aliphatic heterocycles. The molecule has 2 aromatic carbocycles. The fourth-order valence-electron chi connectivity index (χ4n) is 2.39. The number of carbonyl (C=O) groups is 2. The van der Waals surface area contributed by atoms with Crippen molar-refractivity contribution in [1.82, 2.24) is 0 Å². The van der Waals surface area contributed by atoms with Gasteiger partial charge in [0.15, 0.2) is 5.78 Å². The third kappa shape index (κ3) is 3.34. The highest BCUT2D eigenvalue weighted by molar-refractivity contribution is 6.06. The number of rotatable bonds is 6. The van der Waals surface area contributed by atoms with Gasteiger partial charge in [-0.1, -0.05) is 37.3 Å². The lowest BCUT2D eigenvalue weighted by Crippen LogP contribution is -2.12. The maximum Gasteiger partial charge on any atom is 0.336 e. The van der Waals surface area contributed by atoms with E-state index in [0.29, 0.717) is 24.3 Å². The van der Waals surface area contributed by atoms with Gasteiger partial charge in [0.1, 0.15) is 12.4 Å². The van der Waals surface area contributed by atoms with E-state index in [0.717, 1.165) is 5.56 Å². The smallest absolute Gasteiger partial charge is 0.336 e. The lowest BCUT2D eigenvalue weighted by Gasteiger charge is -2.15. The van der Waals surface area contributed by atoms with Crippen molar-refractivity contribution in [3.8, 4) is 5.75 Å². The van der Waals surface area contributed by atoms with E-state index >= 15 is 0 Å². The molecule has 0 aromatic heterocycles. The molecule has 0 heterocycles. The van der Waals surface area contributed by atoms with Gasteiger partial charge in [0.05, 0.1) is 5.56 Å². The Kier molecular flexibility index (Phi) is 4.94. The number of hydrogen-bond acceptors (Lipinski definition) is 3. The summed E-state index contributed by atoms with van der Waals surface area (Å²) in [6.07, 6.45) is 0.479. The number of ether oxygens (including phenoxy) is 1. The highest BCUT2D eigenvalue weighted by Crippen LogP contribution is 2.27. The average Bonchev–Trinajstić information content (AvgIpc) is 2.52. The molecule has 0 aliphatic rings. The molecular formula is C18H18O4. The second-order valence-corrected chi connectivity index (χ2v) is 4.95. The highest BCUT2D eigenvalue weighted by Gasteiger charge is 2.21. The van der Waals surface area contributed by atoms with Gasteiger partial charge in [0, 0.05) is 11.1 Å². The van der Waals surface area contributed by atoms with Crippen LogP contribution >= 0.6 is 0 Å². The number of carbonyl (C=O) groups excluding carboxylic acids is 1. The van der Waals surface area contributed by atoms with E-state index in [1.807, 2.05) is 37.3 Å². The quantitative estimate of drug-likeness (QED) is 0.825. The van der Waals surface area contributed by atoms with Gasteiger partial charge in [-0.05, 0) is 31.0 Å². The summed E-state index contributed by atoms with van der Waals surface area (Å²) in [4.78, 5) is 23.1. The molecule has 0 radical (unpaired) electrons. The summed E-state index contributed by atoms with van der Waals surface area (Å²) < 4.78 is 5.77.